The molecule has 0 bridgehead atoms. The van der Waals surface area contributed by atoms with E-state index < -0.39 is 5.97 Å². The van der Waals surface area contributed by atoms with Crippen molar-refractivity contribution in [3.05, 3.63) is 74.0 Å². The maximum Gasteiger partial charge on any atom is 0.266 e. The van der Waals surface area contributed by atoms with Crippen LogP contribution in [0.15, 0.2) is 67.9 Å². The topological polar surface area (TPSA) is 82.0 Å². The maximum absolute atomic E-state index is 12.7. The second-order valence-corrected chi connectivity index (χ2v) is 8.84. The molecule has 1 aliphatic heterocycles. The Balaban J connectivity index is 1.89. The number of carboxylic acid groups (broad SMARTS) is 1. The number of amides is 1. The normalized spacial score (nSPS) is 16.4. The summed E-state index contributed by atoms with van der Waals surface area (Å²) in [6.45, 7) is 4.00. The van der Waals surface area contributed by atoms with E-state index >= 15 is 0 Å². The summed E-state index contributed by atoms with van der Waals surface area (Å²) in [5.41, 5.74) is 1.25. The Hall–Kier alpha value is -2.36. The summed E-state index contributed by atoms with van der Waals surface area (Å²) in [7, 11) is 1.62. The van der Waals surface area contributed by atoms with Crippen molar-refractivity contribution in [2.75, 3.05) is 13.7 Å². The zero-order valence-electron chi connectivity index (χ0n) is 15.7. The van der Waals surface area contributed by atoms with Gasteiger partial charge in [0.1, 0.15) is 12.4 Å². The first kappa shape index (κ1) is 22.3. The number of carboxylic acids is 1. The van der Waals surface area contributed by atoms with Crippen LogP contribution in [0.25, 0.3) is 6.08 Å². The van der Waals surface area contributed by atoms with Crippen LogP contribution in [0.2, 0.25) is 0 Å². The Bertz CT molecular complexity index is 1080. The Kier molecular flexibility index (Phi) is 7.17. The van der Waals surface area contributed by atoms with E-state index in [2.05, 4.69) is 43.4 Å². The second kappa shape index (κ2) is 9.63. The van der Waals surface area contributed by atoms with Crippen LogP contribution in [0.3, 0.4) is 0 Å². The summed E-state index contributed by atoms with van der Waals surface area (Å²) < 4.78 is 7.09. The fourth-order valence-electron chi connectivity index (χ4n) is 2.56. The van der Waals surface area contributed by atoms with Gasteiger partial charge in [0.2, 0.25) is 0 Å². The molecule has 0 aliphatic carbocycles. The molecule has 0 aromatic heterocycles. The second-order valence-electron chi connectivity index (χ2n) is 6.12. The van der Waals surface area contributed by atoms with E-state index in [0.717, 1.165) is 14.5 Å². The van der Waals surface area contributed by atoms with Crippen molar-refractivity contribution in [1.29, 1.82) is 0 Å². The van der Waals surface area contributed by atoms with Crippen molar-refractivity contribution in [3.63, 3.8) is 0 Å². The first-order valence-electron chi connectivity index (χ1n) is 8.60. The summed E-state index contributed by atoms with van der Waals surface area (Å²) >= 11 is 8.17. The zero-order valence-corrected chi connectivity index (χ0v) is 19.7. The highest BCUT2D eigenvalue weighted by molar-refractivity contribution is 9.11. The van der Waals surface area contributed by atoms with Crippen LogP contribution in [0.1, 0.15) is 15.9 Å². The van der Waals surface area contributed by atoms with Gasteiger partial charge in [-0.25, -0.2) is 4.99 Å². The first-order chi connectivity index (χ1) is 14.3. The molecule has 30 heavy (non-hydrogen) atoms. The Morgan fingerprint density at radius 3 is 2.63 bits per heavy atom. The predicted octanol–water partition coefficient (Wildman–Crippen LogP) is 4.37. The molecule has 1 amide bonds. The van der Waals surface area contributed by atoms with E-state index in [1.54, 1.807) is 31.3 Å². The van der Waals surface area contributed by atoms with Gasteiger partial charge in [0.25, 0.3) is 5.91 Å². The molecule has 6 nitrogen and oxygen atoms in total. The molecule has 2 aromatic rings. The van der Waals surface area contributed by atoms with E-state index in [1.807, 2.05) is 12.1 Å². The minimum atomic E-state index is -1.28. The number of carbonyl (C=O) groups is 2. The monoisotopic (exact) mass is 549 g/mol. The molecule has 1 heterocycles. The van der Waals surface area contributed by atoms with Crippen LogP contribution in [-0.4, -0.2) is 35.6 Å². The molecule has 3 rings (SSSR count). The lowest BCUT2D eigenvalue weighted by atomic mass is 10.2. The van der Waals surface area contributed by atoms with Crippen molar-refractivity contribution < 1.29 is 19.4 Å². The fourth-order valence-corrected chi connectivity index (χ4v) is 5.00. The minimum Gasteiger partial charge on any atom is -0.545 e. The summed E-state index contributed by atoms with van der Waals surface area (Å²) in [4.78, 5) is 30.0. The highest BCUT2D eigenvalue weighted by atomic mass is 79.9. The van der Waals surface area contributed by atoms with Gasteiger partial charge in [-0.1, -0.05) is 24.8 Å². The van der Waals surface area contributed by atoms with Crippen LogP contribution in [-0.2, 0) is 4.79 Å². The molecule has 0 N–H and O–H groups in total. The predicted molar refractivity (Wildman–Crippen MR) is 124 cm³/mol. The zero-order chi connectivity index (χ0) is 21.8. The number of nitrogens with zero attached hydrogens (tertiary/aromatic N) is 2. The van der Waals surface area contributed by atoms with E-state index in [-0.39, 0.29) is 11.5 Å². The molecular weight excluding hydrogens is 536 g/mol. The molecule has 2 aromatic carbocycles. The van der Waals surface area contributed by atoms with Crippen molar-refractivity contribution in [2.45, 2.75) is 0 Å². The van der Waals surface area contributed by atoms with Crippen LogP contribution in [0.5, 0.6) is 5.75 Å². The molecule has 1 aliphatic rings. The quantitative estimate of drug-likeness (QED) is 0.394. The number of ether oxygens (including phenoxy) is 1. The summed E-state index contributed by atoms with van der Waals surface area (Å²) in [6, 6.07) is 9.77. The molecule has 0 unspecified atom stereocenters. The Morgan fingerprint density at radius 1 is 1.30 bits per heavy atom. The van der Waals surface area contributed by atoms with E-state index in [1.165, 1.54) is 28.8 Å². The molecule has 1 saturated heterocycles. The average Bonchev–Trinajstić information content (AvgIpc) is 2.95. The number of likely N-dealkylation sites (N-methyl/N-ethyl adjacent to an activating group) is 1. The lowest BCUT2D eigenvalue weighted by molar-refractivity contribution is -0.255. The molecule has 0 saturated carbocycles. The van der Waals surface area contributed by atoms with Gasteiger partial charge in [-0.15, -0.1) is 0 Å². The highest BCUT2D eigenvalue weighted by Gasteiger charge is 2.30. The number of carbonyl (C=O) groups excluding carboxylic acids is 2. The highest BCUT2D eigenvalue weighted by Crippen LogP contribution is 2.38. The largest absolute Gasteiger partial charge is 0.545 e. The number of aliphatic imine (C=N–C) groups is 1. The van der Waals surface area contributed by atoms with E-state index in [4.69, 9.17) is 4.74 Å². The third-order valence-corrected chi connectivity index (χ3v) is 6.21. The lowest BCUT2D eigenvalue weighted by Crippen LogP contribution is -2.23. The SMILES string of the molecule is C=CCOc1c(Br)cc(/C=C2\SC(=Nc3cccc(C(=O)[O-])c3)N(C)C2=O)cc1Br. The van der Waals surface area contributed by atoms with Crippen molar-refractivity contribution in [3.8, 4) is 5.75 Å². The van der Waals surface area contributed by atoms with Gasteiger partial charge in [0.05, 0.1) is 25.5 Å². The van der Waals surface area contributed by atoms with Crippen LogP contribution >= 0.6 is 43.6 Å². The molecular formula is C21H15Br2N2O4S-. The van der Waals surface area contributed by atoms with Crippen LogP contribution in [0, 0.1) is 0 Å². The number of rotatable bonds is 6. The summed E-state index contributed by atoms with van der Waals surface area (Å²) in [5.74, 6) is -0.832. The van der Waals surface area contributed by atoms with Crippen molar-refractivity contribution >= 4 is 72.4 Å². The third kappa shape index (κ3) is 5.03. The fraction of sp³-hybridized carbons (Fsp3) is 0.0952. The molecule has 0 spiro atoms. The smallest absolute Gasteiger partial charge is 0.266 e. The minimum absolute atomic E-state index is 0.0260. The van der Waals surface area contributed by atoms with Crippen LogP contribution in [0.4, 0.5) is 5.69 Å². The number of hydrogen-bond acceptors (Lipinski definition) is 6. The van der Waals surface area contributed by atoms with Gasteiger partial charge < -0.3 is 14.6 Å². The van der Waals surface area contributed by atoms with Gasteiger partial charge in [-0.2, -0.15) is 0 Å². The number of benzene rings is 2. The average molecular weight is 551 g/mol. The van der Waals surface area contributed by atoms with Crippen molar-refractivity contribution in [2.24, 2.45) is 4.99 Å². The molecule has 0 atom stereocenters. The summed E-state index contributed by atoms with van der Waals surface area (Å²) in [5, 5.41) is 11.5. The number of aromatic carboxylic acids is 1. The van der Waals surface area contributed by atoms with Crippen LogP contribution < -0.4 is 9.84 Å². The van der Waals surface area contributed by atoms with Gasteiger partial charge in [0, 0.05) is 7.05 Å². The maximum atomic E-state index is 12.7. The van der Waals surface area contributed by atoms with Crippen molar-refractivity contribution in [1.82, 2.24) is 4.90 Å². The molecule has 9 heteroatoms. The van der Waals surface area contributed by atoms with E-state index in [9.17, 15) is 14.7 Å². The van der Waals surface area contributed by atoms with Gasteiger partial charge in [0.15, 0.2) is 5.17 Å². The number of amidine groups is 1. The summed E-state index contributed by atoms with van der Waals surface area (Å²) in [6.07, 6.45) is 3.42. The van der Waals surface area contributed by atoms with Gasteiger partial charge in [-0.05, 0) is 85.1 Å². The molecule has 0 radical (unpaired) electrons. The first-order valence-corrected chi connectivity index (χ1v) is 11.0. The number of halogens is 2. The van der Waals surface area contributed by atoms with E-state index in [0.29, 0.717) is 28.1 Å². The molecule has 154 valence electrons. The Morgan fingerprint density at radius 2 is 2.00 bits per heavy atom. The number of thioether (sulfide) groups is 1. The van der Waals surface area contributed by atoms with Gasteiger partial charge >= 0.3 is 0 Å². The van der Waals surface area contributed by atoms with Gasteiger partial charge in [-0.3, -0.25) is 9.69 Å². The molecule has 1 fully saturated rings. The third-order valence-electron chi connectivity index (χ3n) is 3.97. The Labute approximate surface area is 194 Å². The number of hydrogen-bond donors (Lipinski definition) is 0. The lowest BCUT2D eigenvalue weighted by Gasteiger charge is -2.10. The standard InChI is InChI=1S/C21H16Br2N2O4S/c1-3-7-29-18-15(22)8-12(9-16(18)23)10-17-19(26)25(2)21(30-17)24-14-6-4-5-13(11-14)20(27)28/h3-6,8-11H,1,7H2,2H3,(H,27,28)/p-1/b17-10-,24-21?.